The largest absolute Gasteiger partial charge is 0.508 e. The highest BCUT2D eigenvalue weighted by molar-refractivity contribution is 5.94. The molecule has 4 aromatic rings. The van der Waals surface area contributed by atoms with Gasteiger partial charge in [-0.15, -0.1) is 0 Å². The number of hydrogen-bond acceptors (Lipinski definition) is 8. The Labute approximate surface area is 193 Å². The summed E-state index contributed by atoms with van der Waals surface area (Å²) in [6.07, 6.45) is 1.25. The molecule has 2 heterocycles. The van der Waals surface area contributed by atoms with Crippen molar-refractivity contribution < 1.29 is 34.0 Å². The van der Waals surface area contributed by atoms with E-state index in [1.807, 2.05) is 0 Å². The molecule has 3 aromatic carbocycles. The van der Waals surface area contributed by atoms with Crippen molar-refractivity contribution >= 4 is 16.9 Å². The van der Waals surface area contributed by atoms with Gasteiger partial charge >= 0.3 is 5.97 Å². The number of ether oxygens (including phenoxy) is 2. The Morgan fingerprint density at radius 1 is 1.00 bits per heavy atom. The van der Waals surface area contributed by atoms with Gasteiger partial charge in [0.15, 0.2) is 11.5 Å². The van der Waals surface area contributed by atoms with E-state index in [-0.39, 0.29) is 51.7 Å². The molecule has 0 amide bonds. The fourth-order valence-electron chi connectivity index (χ4n) is 4.28. The molecule has 1 aliphatic rings. The van der Waals surface area contributed by atoms with Gasteiger partial charge in [0.05, 0.1) is 18.6 Å². The van der Waals surface area contributed by atoms with Crippen molar-refractivity contribution in [3.05, 3.63) is 76.1 Å². The van der Waals surface area contributed by atoms with E-state index >= 15 is 0 Å². The van der Waals surface area contributed by atoms with Gasteiger partial charge in [0.1, 0.15) is 34.5 Å². The molecule has 1 aliphatic heterocycles. The van der Waals surface area contributed by atoms with Crippen LogP contribution in [0.4, 0.5) is 0 Å². The lowest BCUT2D eigenvalue weighted by Crippen LogP contribution is -2.22. The fourth-order valence-corrected chi connectivity index (χ4v) is 4.28. The molecule has 0 unspecified atom stereocenters. The lowest BCUT2D eigenvalue weighted by Gasteiger charge is -2.26. The van der Waals surface area contributed by atoms with Gasteiger partial charge < -0.3 is 29.2 Å². The second-order valence-electron chi connectivity index (χ2n) is 7.93. The van der Waals surface area contributed by atoms with Crippen LogP contribution in [0.15, 0.2) is 64.0 Å². The molecule has 0 spiro atoms. The predicted octanol–water partition coefficient (Wildman–Crippen LogP) is 4.42. The van der Waals surface area contributed by atoms with Gasteiger partial charge in [-0.2, -0.15) is 0 Å². The fraction of sp³-hybridized carbons (Fsp3) is 0.154. The predicted molar refractivity (Wildman–Crippen MR) is 123 cm³/mol. The van der Waals surface area contributed by atoms with Crippen LogP contribution >= 0.6 is 0 Å². The molecule has 1 aromatic heterocycles. The maximum Gasteiger partial charge on any atom is 0.312 e. The first kappa shape index (κ1) is 21.4. The lowest BCUT2D eigenvalue weighted by atomic mass is 9.84. The van der Waals surface area contributed by atoms with Gasteiger partial charge in [0.25, 0.3) is 0 Å². The Morgan fingerprint density at radius 3 is 2.50 bits per heavy atom. The number of benzene rings is 3. The molecular weight excluding hydrogens is 440 g/mol. The molecule has 0 saturated heterocycles. The van der Waals surface area contributed by atoms with Crippen molar-refractivity contribution in [3.8, 4) is 39.9 Å². The minimum atomic E-state index is -0.568. The van der Waals surface area contributed by atoms with Gasteiger partial charge in [-0.1, -0.05) is 18.2 Å². The SMILES string of the molecule is CCOc1cc([C@H]2CC(=O)Oc3cc(O)c4c(=O)c(-c5ccc(O)cc5)coc4c32)ccc1O. The zero-order valence-corrected chi connectivity index (χ0v) is 18.1. The Hall–Kier alpha value is -4.46. The van der Waals surface area contributed by atoms with Crippen LogP contribution in [0.2, 0.25) is 0 Å². The van der Waals surface area contributed by atoms with Crippen molar-refractivity contribution in [1.29, 1.82) is 0 Å². The number of phenolic OH excluding ortho intramolecular Hbond substituents is 3. The molecule has 0 radical (unpaired) electrons. The number of hydrogen-bond donors (Lipinski definition) is 3. The highest BCUT2D eigenvalue weighted by atomic mass is 16.5. The van der Waals surface area contributed by atoms with Crippen LogP contribution in [0.3, 0.4) is 0 Å². The quantitative estimate of drug-likeness (QED) is 0.302. The van der Waals surface area contributed by atoms with E-state index in [0.29, 0.717) is 23.3 Å². The first-order valence-corrected chi connectivity index (χ1v) is 10.6. The molecule has 34 heavy (non-hydrogen) atoms. The third-order valence-corrected chi connectivity index (χ3v) is 5.83. The minimum Gasteiger partial charge on any atom is -0.508 e. The van der Waals surface area contributed by atoms with Crippen LogP contribution in [0.5, 0.6) is 28.7 Å². The van der Waals surface area contributed by atoms with Gasteiger partial charge in [-0.05, 0) is 42.3 Å². The number of aromatic hydroxyl groups is 3. The maximum atomic E-state index is 13.4. The van der Waals surface area contributed by atoms with Crippen LogP contribution in [0.25, 0.3) is 22.1 Å². The minimum absolute atomic E-state index is 0.0351. The number of carbonyl (C=O) groups is 1. The summed E-state index contributed by atoms with van der Waals surface area (Å²) >= 11 is 0. The standard InChI is InChI=1S/C26H20O8/c1-2-32-20-9-14(5-8-18(20)28)16-10-22(30)34-21-11-19(29)24-25(31)17(12-33-26(24)23(16)21)13-3-6-15(27)7-4-13/h3-9,11-12,16,27-29H,2,10H2,1H3/t16-/m1/s1. The second kappa shape index (κ2) is 8.15. The molecule has 1 atom stereocenters. The van der Waals surface area contributed by atoms with E-state index in [2.05, 4.69) is 0 Å². The van der Waals surface area contributed by atoms with Crippen LogP contribution in [-0.2, 0) is 4.79 Å². The summed E-state index contributed by atoms with van der Waals surface area (Å²) in [4.78, 5) is 25.7. The molecule has 8 heteroatoms. The summed E-state index contributed by atoms with van der Waals surface area (Å²) in [6, 6.07) is 12.0. The first-order chi connectivity index (χ1) is 16.4. The summed E-state index contributed by atoms with van der Waals surface area (Å²) in [5.41, 5.74) is 1.43. The van der Waals surface area contributed by atoms with Gasteiger partial charge in [-0.25, -0.2) is 0 Å². The Morgan fingerprint density at radius 2 is 1.76 bits per heavy atom. The number of fused-ring (bicyclic) bond motifs is 3. The lowest BCUT2D eigenvalue weighted by molar-refractivity contribution is -0.135. The summed E-state index contributed by atoms with van der Waals surface area (Å²) in [5, 5.41) is 30.3. The average Bonchev–Trinajstić information content (AvgIpc) is 2.80. The summed E-state index contributed by atoms with van der Waals surface area (Å²) in [6.45, 7) is 2.13. The van der Waals surface area contributed by atoms with Gasteiger partial charge in [-0.3, -0.25) is 9.59 Å². The Balaban J connectivity index is 1.74. The molecular formula is C26H20O8. The van der Waals surface area contributed by atoms with Crippen molar-refractivity contribution in [3.63, 3.8) is 0 Å². The second-order valence-corrected chi connectivity index (χ2v) is 7.93. The summed E-state index contributed by atoms with van der Waals surface area (Å²) in [5.74, 6) is -1.08. The van der Waals surface area contributed by atoms with E-state index in [0.717, 1.165) is 0 Å². The summed E-state index contributed by atoms with van der Waals surface area (Å²) < 4.78 is 16.7. The number of esters is 1. The van der Waals surface area contributed by atoms with Crippen molar-refractivity contribution in [1.82, 2.24) is 0 Å². The third-order valence-electron chi connectivity index (χ3n) is 5.83. The van der Waals surface area contributed by atoms with Crippen molar-refractivity contribution in [2.45, 2.75) is 19.3 Å². The van der Waals surface area contributed by atoms with Crippen molar-refractivity contribution in [2.75, 3.05) is 6.61 Å². The molecule has 0 fully saturated rings. The van der Waals surface area contributed by atoms with E-state index in [1.165, 1.54) is 30.5 Å². The average molecular weight is 460 g/mol. The number of rotatable bonds is 4. The molecule has 172 valence electrons. The van der Waals surface area contributed by atoms with E-state index in [9.17, 15) is 24.9 Å². The van der Waals surface area contributed by atoms with Crippen LogP contribution in [0, 0.1) is 0 Å². The Bertz CT molecular complexity index is 1480. The summed E-state index contributed by atoms with van der Waals surface area (Å²) in [7, 11) is 0. The zero-order chi connectivity index (χ0) is 24.0. The number of phenols is 3. The van der Waals surface area contributed by atoms with Crippen molar-refractivity contribution in [2.24, 2.45) is 0 Å². The monoisotopic (exact) mass is 460 g/mol. The highest BCUT2D eigenvalue weighted by Gasteiger charge is 2.34. The molecule has 0 bridgehead atoms. The zero-order valence-electron chi connectivity index (χ0n) is 18.1. The first-order valence-electron chi connectivity index (χ1n) is 10.6. The van der Waals surface area contributed by atoms with Crippen LogP contribution in [-0.4, -0.2) is 27.9 Å². The smallest absolute Gasteiger partial charge is 0.312 e. The van der Waals surface area contributed by atoms with Gasteiger partial charge in [0, 0.05) is 17.5 Å². The highest BCUT2D eigenvalue weighted by Crippen LogP contribution is 2.46. The third kappa shape index (κ3) is 3.49. The van der Waals surface area contributed by atoms with E-state index < -0.39 is 17.3 Å². The topological polar surface area (TPSA) is 126 Å². The normalized spacial score (nSPS) is 15.1. The Kier molecular flexibility index (Phi) is 5.13. The van der Waals surface area contributed by atoms with E-state index in [4.69, 9.17) is 13.9 Å². The maximum absolute atomic E-state index is 13.4. The molecule has 0 aliphatic carbocycles. The van der Waals surface area contributed by atoms with Crippen LogP contribution < -0.4 is 14.9 Å². The van der Waals surface area contributed by atoms with Crippen LogP contribution in [0.1, 0.15) is 30.4 Å². The van der Waals surface area contributed by atoms with E-state index in [1.54, 1.807) is 31.2 Å². The number of carbonyl (C=O) groups excluding carboxylic acids is 1. The molecule has 8 nitrogen and oxygen atoms in total. The molecule has 0 saturated carbocycles. The molecule has 3 N–H and O–H groups in total. The van der Waals surface area contributed by atoms with Gasteiger partial charge in [0.2, 0.25) is 5.43 Å². The molecule has 5 rings (SSSR count).